The Balaban J connectivity index is 1.48. The third-order valence-corrected chi connectivity index (χ3v) is 5.10. The van der Waals surface area contributed by atoms with Crippen molar-refractivity contribution in [2.24, 2.45) is 0 Å². The number of ether oxygens (including phenoxy) is 3. The number of alkyl halides is 1. The molecular formula is C26H21FO9. The lowest BCUT2D eigenvalue weighted by Gasteiger charge is -2.14. The van der Waals surface area contributed by atoms with E-state index in [1.165, 1.54) is 37.3 Å². The molecule has 2 aromatic heterocycles. The Kier molecular flexibility index (Phi) is 7.14. The minimum Gasteiger partial charge on any atom is -0.489 e. The van der Waals surface area contributed by atoms with Crippen LogP contribution in [0.2, 0.25) is 0 Å². The fourth-order valence-corrected chi connectivity index (χ4v) is 3.48. The van der Waals surface area contributed by atoms with E-state index in [0.29, 0.717) is 0 Å². The summed E-state index contributed by atoms with van der Waals surface area (Å²) >= 11 is 0. The average molecular weight is 496 g/mol. The van der Waals surface area contributed by atoms with Crippen molar-refractivity contribution in [3.05, 3.63) is 80.5 Å². The zero-order valence-corrected chi connectivity index (χ0v) is 19.4. The minimum atomic E-state index is -1.63. The minimum absolute atomic E-state index is 0.0478. The predicted molar refractivity (Wildman–Crippen MR) is 127 cm³/mol. The number of benzene rings is 2. The fraction of sp³-hybridized carbons (Fsp3) is 0.231. The summed E-state index contributed by atoms with van der Waals surface area (Å²) in [6, 6.07) is 11.1. The number of hydrogen-bond acceptors (Lipinski definition) is 9. The molecular weight excluding hydrogens is 475 g/mol. The van der Waals surface area contributed by atoms with Crippen molar-refractivity contribution < 1.29 is 37.0 Å². The van der Waals surface area contributed by atoms with Gasteiger partial charge in [-0.1, -0.05) is 12.1 Å². The largest absolute Gasteiger partial charge is 0.489 e. The number of rotatable bonds is 9. The van der Waals surface area contributed by atoms with Crippen LogP contribution in [0.1, 0.15) is 35.0 Å². The maximum Gasteiger partial charge on any atom is 0.374 e. The van der Waals surface area contributed by atoms with Crippen LogP contribution in [0, 0.1) is 0 Å². The number of halogens is 1. The van der Waals surface area contributed by atoms with E-state index >= 15 is 0 Å². The summed E-state index contributed by atoms with van der Waals surface area (Å²) < 4.78 is 41.4. The lowest BCUT2D eigenvalue weighted by atomic mass is 10.2. The van der Waals surface area contributed by atoms with Gasteiger partial charge in [0.15, 0.2) is 28.6 Å². The van der Waals surface area contributed by atoms with E-state index in [1.807, 2.05) is 0 Å². The van der Waals surface area contributed by atoms with E-state index < -0.39 is 42.0 Å². The van der Waals surface area contributed by atoms with E-state index in [4.69, 9.17) is 23.0 Å². The molecule has 0 aliphatic heterocycles. The maximum atomic E-state index is 14.6. The summed E-state index contributed by atoms with van der Waals surface area (Å²) in [6.07, 6.45) is -1.63. The van der Waals surface area contributed by atoms with Gasteiger partial charge in [-0.15, -0.1) is 0 Å². The molecule has 0 fully saturated rings. The molecule has 0 spiro atoms. The molecule has 4 aromatic rings. The number of hydrogen-bond donors (Lipinski definition) is 0. The highest BCUT2D eigenvalue weighted by atomic mass is 19.1. The SMILES string of the molecule is CCOC(=O)c1cc(=O)c2c(OCC(F)COc3cccc4oc(C(C)=O)cc(=O)c34)cccc2o1. The van der Waals surface area contributed by atoms with Gasteiger partial charge in [0.1, 0.15) is 46.7 Å². The number of carbonyl (C=O) groups excluding carboxylic acids is 2. The lowest BCUT2D eigenvalue weighted by molar-refractivity contribution is 0.0490. The molecule has 1 atom stereocenters. The van der Waals surface area contributed by atoms with E-state index in [0.717, 1.165) is 12.1 Å². The van der Waals surface area contributed by atoms with Gasteiger partial charge in [-0.25, -0.2) is 9.18 Å². The smallest absolute Gasteiger partial charge is 0.374 e. The van der Waals surface area contributed by atoms with Crippen LogP contribution in [0.15, 0.2) is 67.0 Å². The van der Waals surface area contributed by atoms with Gasteiger partial charge in [-0.05, 0) is 31.2 Å². The van der Waals surface area contributed by atoms with Crippen LogP contribution >= 0.6 is 0 Å². The Hall–Kier alpha value is -4.47. The Morgan fingerprint density at radius 2 is 1.36 bits per heavy atom. The van der Waals surface area contributed by atoms with Crippen LogP contribution in [0.3, 0.4) is 0 Å². The van der Waals surface area contributed by atoms with Gasteiger partial charge in [-0.2, -0.15) is 0 Å². The normalized spacial score (nSPS) is 11.9. The van der Waals surface area contributed by atoms with Gasteiger partial charge in [0.25, 0.3) is 0 Å². The Morgan fingerprint density at radius 1 is 0.861 bits per heavy atom. The molecule has 0 saturated heterocycles. The summed E-state index contributed by atoms with van der Waals surface area (Å²) in [5.41, 5.74) is -0.814. The van der Waals surface area contributed by atoms with E-state index in [1.54, 1.807) is 13.0 Å². The topological polar surface area (TPSA) is 122 Å². The molecule has 0 saturated carbocycles. The Bertz CT molecular complexity index is 1570. The van der Waals surface area contributed by atoms with Crippen molar-refractivity contribution in [3.8, 4) is 11.5 Å². The average Bonchev–Trinajstić information content (AvgIpc) is 2.85. The van der Waals surface area contributed by atoms with E-state index in [2.05, 4.69) is 0 Å². The number of carbonyl (C=O) groups is 2. The van der Waals surface area contributed by atoms with Gasteiger partial charge >= 0.3 is 5.97 Å². The molecule has 0 amide bonds. The number of Topliss-reactive ketones (excluding diaryl/α,β-unsaturated/α-hetero) is 1. The zero-order valence-electron chi connectivity index (χ0n) is 19.4. The van der Waals surface area contributed by atoms with Crippen LogP contribution in [-0.2, 0) is 4.74 Å². The van der Waals surface area contributed by atoms with Gasteiger partial charge in [-0.3, -0.25) is 14.4 Å². The molecule has 0 aliphatic carbocycles. The maximum absolute atomic E-state index is 14.6. The molecule has 2 heterocycles. The molecule has 0 bridgehead atoms. The first kappa shape index (κ1) is 24.6. The van der Waals surface area contributed by atoms with Crippen molar-refractivity contribution in [3.63, 3.8) is 0 Å². The van der Waals surface area contributed by atoms with Gasteiger partial charge in [0.05, 0.1) is 6.61 Å². The molecule has 2 aromatic carbocycles. The van der Waals surface area contributed by atoms with E-state index in [-0.39, 0.29) is 51.6 Å². The number of ketones is 1. The molecule has 186 valence electrons. The standard InChI is InChI=1S/C26H21FO9/c1-3-32-26(31)23-11-17(30)25-19(7-5-9-21(25)36-23)34-13-15(27)12-33-18-6-4-8-20-24(18)16(29)10-22(35-20)14(2)28/h4-11,15H,3,12-13H2,1-2H3. The zero-order chi connectivity index (χ0) is 25.8. The van der Waals surface area contributed by atoms with Gasteiger partial charge in [0.2, 0.25) is 5.76 Å². The molecule has 0 aliphatic rings. The first-order valence-corrected chi connectivity index (χ1v) is 11.0. The number of fused-ring (bicyclic) bond motifs is 2. The predicted octanol–water partition coefficient (Wildman–Crippen LogP) is 4.07. The second-order valence-corrected chi connectivity index (χ2v) is 7.70. The third kappa shape index (κ3) is 5.12. The summed E-state index contributed by atoms with van der Waals surface area (Å²) in [7, 11) is 0. The van der Waals surface area contributed by atoms with Crippen LogP contribution in [-0.4, -0.2) is 37.7 Å². The molecule has 9 nitrogen and oxygen atoms in total. The summed E-state index contributed by atoms with van der Waals surface area (Å²) in [5.74, 6) is -1.35. The monoisotopic (exact) mass is 496 g/mol. The van der Waals surface area contributed by atoms with Crippen molar-refractivity contribution in [1.29, 1.82) is 0 Å². The Morgan fingerprint density at radius 3 is 1.86 bits per heavy atom. The second kappa shape index (κ2) is 10.4. The lowest BCUT2D eigenvalue weighted by Crippen LogP contribution is -2.22. The van der Waals surface area contributed by atoms with Crippen molar-refractivity contribution in [1.82, 2.24) is 0 Å². The fourth-order valence-electron chi connectivity index (χ4n) is 3.48. The molecule has 0 radical (unpaired) electrons. The molecule has 36 heavy (non-hydrogen) atoms. The van der Waals surface area contributed by atoms with Gasteiger partial charge < -0.3 is 23.0 Å². The van der Waals surface area contributed by atoms with Crippen LogP contribution in [0.25, 0.3) is 21.9 Å². The van der Waals surface area contributed by atoms with Crippen molar-refractivity contribution >= 4 is 33.7 Å². The summed E-state index contributed by atoms with van der Waals surface area (Å²) in [4.78, 5) is 48.5. The highest BCUT2D eigenvalue weighted by molar-refractivity contribution is 5.94. The molecule has 0 N–H and O–H groups in total. The first-order valence-electron chi connectivity index (χ1n) is 11.0. The Labute approximate surface area is 203 Å². The quantitative estimate of drug-likeness (QED) is 0.249. The molecule has 4 rings (SSSR count). The van der Waals surface area contributed by atoms with Crippen molar-refractivity contribution in [2.45, 2.75) is 20.0 Å². The highest BCUT2D eigenvalue weighted by Gasteiger charge is 2.18. The highest BCUT2D eigenvalue weighted by Crippen LogP contribution is 2.25. The molecule has 1 unspecified atom stereocenters. The molecule has 10 heteroatoms. The first-order chi connectivity index (χ1) is 17.3. The number of esters is 1. The van der Waals surface area contributed by atoms with Crippen LogP contribution in [0.5, 0.6) is 11.5 Å². The summed E-state index contributed by atoms with van der Waals surface area (Å²) in [5, 5.41) is 0.131. The van der Waals surface area contributed by atoms with Crippen molar-refractivity contribution in [2.75, 3.05) is 19.8 Å². The van der Waals surface area contributed by atoms with Crippen LogP contribution < -0.4 is 20.3 Å². The second-order valence-electron chi connectivity index (χ2n) is 7.70. The van der Waals surface area contributed by atoms with E-state index in [9.17, 15) is 23.6 Å². The van der Waals surface area contributed by atoms with Crippen LogP contribution in [0.4, 0.5) is 4.39 Å². The summed E-state index contributed by atoms with van der Waals surface area (Å²) in [6.45, 7) is 2.09. The third-order valence-electron chi connectivity index (χ3n) is 5.10. The van der Waals surface area contributed by atoms with Gasteiger partial charge in [0, 0.05) is 19.1 Å².